The number of rotatable bonds is 7. The third kappa shape index (κ3) is 6.67. The highest BCUT2D eigenvalue weighted by molar-refractivity contribution is 8.93. The van der Waals surface area contributed by atoms with Gasteiger partial charge in [0.1, 0.15) is 5.84 Å². The summed E-state index contributed by atoms with van der Waals surface area (Å²) in [5.41, 5.74) is 9.63. The number of aliphatic imine (C=N–C) groups is 1. The van der Waals surface area contributed by atoms with Crippen LogP contribution in [0.25, 0.3) is 0 Å². The molecule has 3 N–H and O–H groups in total. The van der Waals surface area contributed by atoms with Crippen molar-refractivity contribution in [1.29, 1.82) is 0 Å². The van der Waals surface area contributed by atoms with Gasteiger partial charge in [0, 0.05) is 17.1 Å². The van der Waals surface area contributed by atoms with Gasteiger partial charge in [0.05, 0.1) is 11.4 Å². The predicted octanol–water partition coefficient (Wildman–Crippen LogP) is 4.61. The Balaban J connectivity index is 0.00000320. The zero-order chi connectivity index (χ0) is 20.9. The first-order valence-electron chi connectivity index (χ1n) is 9.03. The van der Waals surface area contributed by atoms with E-state index in [2.05, 4.69) is 9.71 Å². The Hall–Kier alpha value is -2.19. The van der Waals surface area contributed by atoms with Crippen molar-refractivity contribution in [2.75, 3.05) is 0 Å². The van der Waals surface area contributed by atoms with Crippen molar-refractivity contribution in [2.45, 2.75) is 24.9 Å². The van der Waals surface area contributed by atoms with Gasteiger partial charge in [-0.15, -0.1) is 17.0 Å². The first-order chi connectivity index (χ1) is 13.8. The quantitative estimate of drug-likeness (QED) is 0.361. The number of aryl methyl sites for hydroxylation is 1. The number of hydrogen-bond acceptors (Lipinski definition) is 3. The van der Waals surface area contributed by atoms with Crippen LogP contribution >= 0.6 is 28.6 Å². The average Bonchev–Trinajstić information content (AvgIpc) is 2.72. The van der Waals surface area contributed by atoms with Crippen molar-refractivity contribution in [1.82, 2.24) is 4.72 Å². The van der Waals surface area contributed by atoms with Gasteiger partial charge in [-0.05, 0) is 54.4 Å². The smallest absolute Gasteiger partial charge is 0.240 e. The number of sulfonamides is 1. The fourth-order valence-corrected chi connectivity index (χ4v) is 3.85. The molecule has 0 spiro atoms. The summed E-state index contributed by atoms with van der Waals surface area (Å²) in [6, 6.07) is 21.5. The second kappa shape index (κ2) is 10.7. The number of nitrogens with two attached hydrogens (primary N) is 1. The molecule has 3 rings (SSSR count). The lowest BCUT2D eigenvalue weighted by Crippen LogP contribution is -2.23. The van der Waals surface area contributed by atoms with E-state index in [9.17, 15) is 8.42 Å². The van der Waals surface area contributed by atoms with E-state index >= 15 is 0 Å². The standard InChI is InChI=1S/C22H22ClN3O2S.BrH/c1-16-5-11-21(12-6-16)29(27,28)26-15-18-4-2-3-17(13-18)14-25-22(24)19-7-9-20(23)10-8-19;/h2-13,26H,14-15H2,1H3,(H2,24,25);1H. The largest absolute Gasteiger partial charge is 0.383 e. The molecule has 3 aromatic rings. The minimum atomic E-state index is -3.56. The summed E-state index contributed by atoms with van der Waals surface area (Å²) < 4.78 is 27.5. The number of hydrogen-bond donors (Lipinski definition) is 2. The van der Waals surface area contributed by atoms with E-state index in [1.807, 2.05) is 43.3 Å². The van der Waals surface area contributed by atoms with Crippen molar-refractivity contribution in [3.8, 4) is 0 Å². The average molecular weight is 509 g/mol. The molecular formula is C22H23BrClN3O2S. The molecular weight excluding hydrogens is 486 g/mol. The minimum Gasteiger partial charge on any atom is -0.383 e. The summed E-state index contributed by atoms with van der Waals surface area (Å²) in [6.45, 7) is 2.50. The van der Waals surface area contributed by atoms with E-state index in [0.29, 0.717) is 17.4 Å². The van der Waals surface area contributed by atoms with E-state index in [1.54, 1.807) is 36.4 Å². The van der Waals surface area contributed by atoms with Crippen molar-refractivity contribution in [2.24, 2.45) is 10.7 Å². The van der Waals surface area contributed by atoms with Crippen LogP contribution in [-0.2, 0) is 23.1 Å². The van der Waals surface area contributed by atoms with Gasteiger partial charge >= 0.3 is 0 Å². The molecule has 0 radical (unpaired) electrons. The molecule has 0 unspecified atom stereocenters. The molecule has 0 aliphatic heterocycles. The van der Waals surface area contributed by atoms with Crippen LogP contribution in [0, 0.1) is 6.92 Å². The molecule has 0 aliphatic carbocycles. The predicted molar refractivity (Wildman–Crippen MR) is 128 cm³/mol. The van der Waals surface area contributed by atoms with E-state index in [1.165, 1.54) is 0 Å². The van der Waals surface area contributed by atoms with Gasteiger partial charge < -0.3 is 5.73 Å². The van der Waals surface area contributed by atoms with E-state index in [-0.39, 0.29) is 28.4 Å². The fourth-order valence-electron chi connectivity index (χ4n) is 2.71. The van der Waals surface area contributed by atoms with Gasteiger partial charge in [-0.25, -0.2) is 13.1 Å². The number of nitrogens with one attached hydrogen (secondary N) is 1. The van der Waals surface area contributed by atoms with Crippen LogP contribution in [-0.4, -0.2) is 14.3 Å². The summed E-state index contributed by atoms with van der Waals surface area (Å²) >= 11 is 5.89. The zero-order valence-electron chi connectivity index (χ0n) is 16.4. The van der Waals surface area contributed by atoms with E-state index in [0.717, 1.165) is 22.3 Å². The molecule has 158 valence electrons. The summed E-state index contributed by atoms with van der Waals surface area (Å²) in [5.74, 6) is 0.423. The molecule has 0 aromatic heterocycles. The molecule has 8 heteroatoms. The Labute approximate surface area is 192 Å². The van der Waals surface area contributed by atoms with Crippen LogP contribution < -0.4 is 10.5 Å². The van der Waals surface area contributed by atoms with Gasteiger partial charge in [-0.1, -0.05) is 53.6 Å². The summed E-state index contributed by atoms with van der Waals surface area (Å²) in [4.78, 5) is 4.66. The minimum absolute atomic E-state index is 0. The number of benzene rings is 3. The Morgan fingerprint density at radius 2 is 1.63 bits per heavy atom. The van der Waals surface area contributed by atoms with Crippen molar-refractivity contribution < 1.29 is 8.42 Å². The molecule has 0 heterocycles. The number of halogens is 2. The van der Waals surface area contributed by atoms with Gasteiger partial charge in [-0.2, -0.15) is 0 Å². The molecule has 0 aliphatic rings. The molecule has 30 heavy (non-hydrogen) atoms. The monoisotopic (exact) mass is 507 g/mol. The van der Waals surface area contributed by atoms with Gasteiger partial charge in [0.2, 0.25) is 10.0 Å². The number of nitrogens with zero attached hydrogens (tertiary/aromatic N) is 1. The lowest BCUT2D eigenvalue weighted by Gasteiger charge is -2.08. The Kier molecular flexibility index (Phi) is 8.61. The third-order valence-corrected chi connectivity index (χ3v) is 6.03. The Morgan fingerprint density at radius 3 is 2.30 bits per heavy atom. The lowest BCUT2D eigenvalue weighted by atomic mass is 10.1. The molecule has 0 saturated carbocycles. The third-order valence-electron chi connectivity index (χ3n) is 4.36. The maximum atomic E-state index is 12.4. The molecule has 0 fully saturated rings. The van der Waals surface area contributed by atoms with Crippen LogP contribution in [0.1, 0.15) is 22.3 Å². The highest BCUT2D eigenvalue weighted by Gasteiger charge is 2.13. The number of amidine groups is 1. The first-order valence-corrected chi connectivity index (χ1v) is 10.9. The fraction of sp³-hybridized carbons (Fsp3) is 0.136. The van der Waals surface area contributed by atoms with Gasteiger partial charge in [-0.3, -0.25) is 4.99 Å². The summed E-state index contributed by atoms with van der Waals surface area (Å²) in [5, 5.41) is 0.641. The first kappa shape index (κ1) is 24.1. The molecule has 3 aromatic carbocycles. The maximum absolute atomic E-state index is 12.4. The van der Waals surface area contributed by atoms with Gasteiger partial charge in [0.25, 0.3) is 0 Å². The topological polar surface area (TPSA) is 84.5 Å². The van der Waals surface area contributed by atoms with Crippen LogP contribution in [0.2, 0.25) is 5.02 Å². The molecule has 0 atom stereocenters. The highest BCUT2D eigenvalue weighted by Crippen LogP contribution is 2.13. The van der Waals surface area contributed by atoms with Crippen LogP contribution in [0.4, 0.5) is 0 Å². The molecule has 5 nitrogen and oxygen atoms in total. The van der Waals surface area contributed by atoms with Crippen LogP contribution in [0.15, 0.2) is 82.7 Å². The SMILES string of the molecule is Br.Cc1ccc(S(=O)(=O)NCc2cccc(CN=C(N)c3ccc(Cl)cc3)c2)cc1. The van der Waals surface area contributed by atoms with Gasteiger partial charge in [0.15, 0.2) is 0 Å². The normalized spacial score (nSPS) is 11.7. The second-order valence-electron chi connectivity index (χ2n) is 6.67. The Morgan fingerprint density at radius 1 is 1.00 bits per heavy atom. The summed E-state index contributed by atoms with van der Waals surface area (Å²) in [6.07, 6.45) is 0. The molecule has 0 bridgehead atoms. The van der Waals surface area contributed by atoms with Crippen LogP contribution in [0.5, 0.6) is 0 Å². The lowest BCUT2D eigenvalue weighted by molar-refractivity contribution is 0.581. The maximum Gasteiger partial charge on any atom is 0.240 e. The molecule has 0 amide bonds. The van der Waals surface area contributed by atoms with Crippen molar-refractivity contribution in [3.05, 3.63) is 100 Å². The van der Waals surface area contributed by atoms with Crippen molar-refractivity contribution >= 4 is 44.4 Å². The second-order valence-corrected chi connectivity index (χ2v) is 8.87. The highest BCUT2D eigenvalue weighted by atomic mass is 79.9. The van der Waals surface area contributed by atoms with Crippen molar-refractivity contribution in [3.63, 3.8) is 0 Å². The summed E-state index contributed by atoms with van der Waals surface area (Å²) in [7, 11) is -3.56. The van der Waals surface area contributed by atoms with E-state index < -0.39 is 10.0 Å². The molecule has 0 saturated heterocycles. The van der Waals surface area contributed by atoms with E-state index in [4.69, 9.17) is 17.3 Å². The van der Waals surface area contributed by atoms with Crippen LogP contribution in [0.3, 0.4) is 0 Å². The zero-order valence-corrected chi connectivity index (χ0v) is 19.7. The Bertz CT molecular complexity index is 1120.